The molecule has 25 heavy (non-hydrogen) atoms. The van der Waals surface area contributed by atoms with Gasteiger partial charge in [-0.05, 0) is 30.5 Å². The predicted octanol–water partition coefficient (Wildman–Crippen LogP) is 2.89. The maximum absolute atomic E-state index is 13.1. The highest BCUT2D eigenvalue weighted by molar-refractivity contribution is 5.95. The lowest BCUT2D eigenvalue weighted by atomic mass is 9.85. The van der Waals surface area contributed by atoms with Gasteiger partial charge in [0.15, 0.2) is 5.76 Å². The van der Waals surface area contributed by atoms with E-state index in [4.69, 9.17) is 9.52 Å². The van der Waals surface area contributed by atoms with Gasteiger partial charge in [-0.3, -0.25) is 4.79 Å². The maximum Gasteiger partial charge on any atom is 0.338 e. The summed E-state index contributed by atoms with van der Waals surface area (Å²) in [4.78, 5) is 23.4. The number of aliphatic hydroxyl groups excluding tert-OH is 1. The smallest absolute Gasteiger partial charge is 0.338 e. The predicted molar refractivity (Wildman–Crippen MR) is 85.7 cm³/mol. The molecule has 7 heteroatoms. The fourth-order valence-electron chi connectivity index (χ4n) is 3.29. The zero-order chi connectivity index (χ0) is 18.0. The van der Waals surface area contributed by atoms with Crippen LogP contribution in [-0.2, 0) is 0 Å². The first-order chi connectivity index (χ1) is 11.9. The molecule has 6 nitrogen and oxygen atoms in total. The number of hydrogen-bond donors (Lipinski definition) is 3. The molecule has 3 rings (SSSR count). The van der Waals surface area contributed by atoms with E-state index in [1.54, 1.807) is 0 Å². The van der Waals surface area contributed by atoms with Crippen molar-refractivity contribution in [1.29, 1.82) is 0 Å². The lowest BCUT2D eigenvalue weighted by Crippen LogP contribution is -2.50. The van der Waals surface area contributed by atoms with Crippen LogP contribution in [0.4, 0.5) is 4.39 Å². The normalized spacial score (nSPS) is 17.2. The molecule has 1 aliphatic rings. The Labute approximate surface area is 143 Å². The van der Waals surface area contributed by atoms with Gasteiger partial charge >= 0.3 is 5.97 Å². The van der Waals surface area contributed by atoms with E-state index in [1.165, 1.54) is 24.3 Å². The number of aliphatic hydroxyl groups is 1. The average Bonchev–Trinajstić information content (AvgIpc) is 3.25. The number of benzene rings is 1. The Balaban J connectivity index is 1.83. The Morgan fingerprint density at radius 2 is 1.84 bits per heavy atom. The summed E-state index contributed by atoms with van der Waals surface area (Å²) in [5, 5.41) is 22.5. The van der Waals surface area contributed by atoms with Crippen LogP contribution in [-0.4, -0.2) is 27.6 Å². The minimum atomic E-state index is -1.19. The summed E-state index contributed by atoms with van der Waals surface area (Å²) in [5.74, 6) is -2.31. The number of aromatic carboxylic acids is 1. The molecule has 1 amide bonds. The number of halogens is 1. The molecule has 1 aromatic heterocycles. The summed E-state index contributed by atoms with van der Waals surface area (Å²) in [7, 11) is 0. The molecule has 0 spiro atoms. The first-order valence-corrected chi connectivity index (χ1v) is 7.99. The monoisotopic (exact) mass is 347 g/mol. The van der Waals surface area contributed by atoms with Gasteiger partial charge < -0.3 is 19.9 Å². The fourth-order valence-corrected chi connectivity index (χ4v) is 3.29. The largest absolute Gasteiger partial charge is 0.478 e. The lowest BCUT2D eigenvalue weighted by molar-refractivity contribution is 0.0499. The molecule has 0 bridgehead atoms. The Bertz CT molecular complexity index is 777. The van der Waals surface area contributed by atoms with Gasteiger partial charge in [0.2, 0.25) is 0 Å². The molecule has 3 N–H and O–H groups in total. The first kappa shape index (κ1) is 17.2. The fraction of sp³-hybridized carbons (Fsp3) is 0.333. The quantitative estimate of drug-likeness (QED) is 0.772. The van der Waals surface area contributed by atoms with Crippen LogP contribution in [0.3, 0.4) is 0 Å². The summed E-state index contributed by atoms with van der Waals surface area (Å²) in [5.41, 5.74) is -0.510. The van der Waals surface area contributed by atoms with Crippen LogP contribution in [0.2, 0.25) is 0 Å². The molecule has 132 valence electrons. The highest BCUT2D eigenvalue weighted by Gasteiger charge is 2.43. The summed E-state index contributed by atoms with van der Waals surface area (Å²) in [6.07, 6.45) is 2.77. The van der Waals surface area contributed by atoms with Crippen molar-refractivity contribution in [2.75, 3.05) is 0 Å². The molecule has 1 aliphatic carbocycles. The SMILES string of the molecule is O=C(O)c1coc(C(=O)NC2(C(O)c3ccc(F)cc3)CCCC2)c1. The molecule has 0 saturated heterocycles. The molecule has 0 radical (unpaired) electrons. The van der Waals surface area contributed by atoms with Crippen LogP contribution in [0.5, 0.6) is 0 Å². The molecule has 1 fully saturated rings. The van der Waals surface area contributed by atoms with Crippen LogP contribution in [0.25, 0.3) is 0 Å². The van der Waals surface area contributed by atoms with Crippen molar-refractivity contribution in [3.63, 3.8) is 0 Å². The molecule has 1 heterocycles. The first-order valence-electron chi connectivity index (χ1n) is 7.99. The lowest BCUT2D eigenvalue weighted by Gasteiger charge is -2.35. The van der Waals surface area contributed by atoms with Gasteiger partial charge in [0.25, 0.3) is 5.91 Å². The highest BCUT2D eigenvalue weighted by Crippen LogP contribution is 2.40. The van der Waals surface area contributed by atoms with E-state index < -0.39 is 29.3 Å². The third kappa shape index (κ3) is 3.41. The number of hydrogen-bond acceptors (Lipinski definition) is 4. The third-order valence-corrected chi connectivity index (χ3v) is 4.64. The second-order valence-corrected chi connectivity index (χ2v) is 6.28. The molecule has 2 aromatic rings. The van der Waals surface area contributed by atoms with Crippen molar-refractivity contribution < 1.29 is 28.6 Å². The van der Waals surface area contributed by atoms with Crippen molar-refractivity contribution in [1.82, 2.24) is 5.32 Å². The van der Waals surface area contributed by atoms with Gasteiger partial charge in [0.1, 0.15) is 18.2 Å². The minimum Gasteiger partial charge on any atom is -0.478 e. The van der Waals surface area contributed by atoms with E-state index in [9.17, 15) is 19.1 Å². The summed E-state index contributed by atoms with van der Waals surface area (Å²) in [6, 6.07) is 6.64. The molecule has 1 aromatic carbocycles. The molecule has 1 saturated carbocycles. The zero-order valence-corrected chi connectivity index (χ0v) is 13.4. The second-order valence-electron chi connectivity index (χ2n) is 6.28. The number of furan rings is 1. The van der Waals surface area contributed by atoms with Gasteiger partial charge in [-0.25, -0.2) is 9.18 Å². The van der Waals surface area contributed by atoms with Crippen molar-refractivity contribution in [2.24, 2.45) is 0 Å². The van der Waals surface area contributed by atoms with Crippen molar-refractivity contribution >= 4 is 11.9 Å². The molecular formula is C18H18FNO5. The van der Waals surface area contributed by atoms with Gasteiger partial charge in [0, 0.05) is 6.07 Å². The summed E-state index contributed by atoms with van der Waals surface area (Å²) in [6.45, 7) is 0. The van der Waals surface area contributed by atoms with Crippen molar-refractivity contribution in [3.05, 3.63) is 59.3 Å². The van der Waals surface area contributed by atoms with Crippen LogP contribution >= 0.6 is 0 Å². The number of carbonyl (C=O) groups excluding carboxylic acids is 1. The standard InChI is InChI=1S/C18H18FNO5/c19-13-5-3-11(4-6-13)15(21)18(7-1-2-8-18)20-16(22)14-9-12(10-25-14)17(23)24/h3-6,9-10,15,21H,1-2,7-8H2,(H,20,22)(H,23,24). The van der Waals surface area contributed by atoms with Crippen LogP contribution in [0, 0.1) is 5.82 Å². The van der Waals surface area contributed by atoms with Gasteiger partial charge in [-0.2, -0.15) is 0 Å². The maximum atomic E-state index is 13.1. The van der Waals surface area contributed by atoms with Crippen LogP contribution in [0.15, 0.2) is 41.0 Å². The van der Waals surface area contributed by atoms with E-state index in [0.717, 1.165) is 25.2 Å². The van der Waals surface area contributed by atoms with Gasteiger partial charge in [0.05, 0.1) is 11.1 Å². The van der Waals surface area contributed by atoms with Crippen LogP contribution in [0.1, 0.15) is 58.3 Å². The number of carbonyl (C=O) groups is 2. The number of carboxylic acid groups (broad SMARTS) is 1. The zero-order valence-electron chi connectivity index (χ0n) is 13.4. The Hall–Kier alpha value is -2.67. The summed E-state index contributed by atoms with van der Waals surface area (Å²) >= 11 is 0. The van der Waals surface area contributed by atoms with E-state index >= 15 is 0 Å². The van der Waals surface area contributed by atoms with E-state index in [0.29, 0.717) is 18.4 Å². The second kappa shape index (κ2) is 6.68. The van der Waals surface area contributed by atoms with Gasteiger partial charge in [-0.15, -0.1) is 0 Å². The number of amides is 1. The number of nitrogens with one attached hydrogen (secondary N) is 1. The van der Waals surface area contributed by atoms with Crippen molar-refractivity contribution in [3.8, 4) is 0 Å². The Morgan fingerprint density at radius 3 is 2.40 bits per heavy atom. The van der Waals surface area contributed by atoms with Crippen LogP contribution < -0.4 is 5.32 Å². The Morgan fingerprint density at radius 1 is 1.20 bits per heavy atom. The highest BCUT2D eigenvalue weighted by atomic mass is 19.1. The molecule has 1 unspecified atom stereocenters. The van der Waals surface area contributed by atoms with E-state index in [-0.39, 0.29) is 11.3 Å². The van der Waals surface area contributed by atoms with Crippen molar-refractivity contribution in [2.45, 2.75) is 37.3 Å². The van der Waals surface area contributed by atoms with Gasteiger partial charge in [-0.1, -0.05) is 25.0 Å². The van der Waals surface area contributed by atoms with E-state index in [1.807, 2.05) is 0 Å². The minimum absolute atomic E-state index is 0.121. The molecule has 0 aliphatic heterocycles. The Kier molecular flexibility index (Phi) is 4.59. The topological polar surface area (TPSA) is 99.8 Å². The number of carboxylic acids is 1. The number of rotatable bonds is 5. The van der Waals surface area contributed by atoms with E-state index in [2.05, 4.69) is 5.32 Å². The molecule has 1 atom stereocenters. The average molecular weight is 347 g/mol. The summed E-state index contributed by atoms with van der Waals surface area (Å²) < 4.78 is 18.1. The molecular weight excluding hydrogens is 329 g/mol. The third-order valence-electron chi connectivity index (χ3n) is 4.64.